The molecule has 0 aromatic carbocycles. The lowest BCUT2D eigenvalue weighted by molar-refractivity contribution is 0.0931. The van der Waals surface area contributed by atoms with E-state index < -0.39 is 0 Å². The van der Waals surface area contributed by atoms with Gasteiger partial charge in [0.1, 0.15) is 0 Å². The summed E-state index contributed by atoms with van der Waals surface area (Å²) < 4.78 is 0. The molecule has 2 rings (SSSR count). The molecule has 0 bridgehead atoms. The van der Waals surface area contributed by atoms with Crippen molar-refractivity contribution in [1.82, 2.24) is 10.2 Å². The summed E-state index contributed by atoms with van der Waals surface area (Å²) in [5.41, 5.74) is 0.572. The van der Waals surface area contributed by atoms with Crippen molar-refractivity contribution < 1.29 is 0 Å². The Labute approximate surface area is 133 Å². The van der Waals surface area contributed by atoms with Crippen molar-refractivity contribution in [3.63, 3.8) is 0 Å². The van der Waals surface area contributed by atoms with Gasteiger partial charge in [0, 0.05) is 25.7 Å². The quantitative estimate of drug-likeness (QED) is 0.640. The first-order valence-corrected chi connectivity index (χ1v) is 9.67. The van der Waals surface area contributed by atoms with E-state index in [9.17, 15) is 0 Å². The molecule has 2 nitrogen and oxygen atoms in total. The van der Waals surface area contributed by atoms with Gasteiger partial charge in [-0.1, -0.05) is 52.9 Å². The van der Waals surface area contributed by atoms with Crippen LogP contribution in [-0.2, 0) is 0 Å². The van der Waals surface area contributed by atoms with Crippen LogP contribution >= 0.6 is 0 Å². The normalized spacial score (nSPS) is 22.1. The predicted octanol–water partition coefficient (Wildman–Crippen LogP) is 4.45. The van der Waals surface area contributed by atoms with Crippen LogP contribution in [0.2, 0.25) is 0 Å². The highest BCUT2D eigenvalue weighted by atomic mass is 15.1. The fourth-order valence-electron chi connectivity index (χ4n) is 4.03. The van der Waals surface area contributed by atoms with Crippen LogP contribution in [0, 0.1) is 11.3 Å². The predicted molar refractivity (Wildman–Crippen MR) is 92.7 cm³/mol. The third kappa shape index (κ3) is 5.56. The summed E-state index contributed by atoms with van der Waals surface area (Å²) in [6, 6.07) is 0.859. The number of rotatable bonds is 10. The maximum atomic E-state index is 3.85. The molecule has 124 valence electrons. The topological polar surface area (TPSA) is 15.3 Å². The largest absolute Gasteiger partial charge is 0.313 e. The first-order valence-electron chi connectivity index (χ1n) is 9.67. The zero-order chi connectivity index (χ0) is 15.1. The second-order valence-corrected chi connectivity index (χ2v) is 7.73. The number of hydrogen-bond donors (Lipinski definition) is 1. The van der Waals surface area contributed by atoms with Crippen molar-refractivity contribution in [1.29, 1.82) is 0 Å². The molecule has 0 unspecified atom stereocenters. The molecule has 2 saturated carbocycles. The smallest absolute Gasteiger partial charge is 0.00684 e. The van der Waals surface area contributed by atoms with Crippen molar-refractivity contribution in [3.8, 4) is 0 Å². The molecule has 2 aliphatic carbocycles. The Balaban J connectivity index is 1.90. The molecular formula is C19H38N2. The molecule has 2 heteroatoms. The van der Waals surface area contributed by atoms with Gasteiger partial charge in [-0.15, -0.1) is 0 Å². The summed E-state index contributed by atoms with van der Waals surface area (Å²) in [5.74, 6) is 0.891. The van der Waals surface area contributed by atoms with Crippen LogP contribution in [0.5, 0.6) is 0 Å². The first kappa shape index (κ1) is 17.3. The van der Waals surface area contributed by atoms with Gasteiger partial charge in [-0.2, -0.15) is 0 Å². The van der Waals surface area contributed by atoms with Gasteiger partial charge < -0.3 is 10.2 Å². The van der Waals surface area contributed by atoms with Gasteiger partial charge in [0.05, 0.1) is 0 Å². The van der Waals surface area contributed by atoms with Crippen molar-refractivity contribution in [2.24, 2.45) is 11.3 Å². The van der Waals surface area contributed by atoms with E-state index in [1.165, 1.54) is 84.0 Å². The van der Waals surface area contributed by atoms with E-state index in [1.807, 2.05) is 0 Å². The zero-order valence-corrected chi connectivity index (χ0v) is 14.8. The molecule has 2 aliphatic rings. The lowest BCUT2D eigenvalue weighted by atomic mass is 9.73. The molecule has 0 atom stereocenters. The minimum atomic E-state index is 0.572. The van der Waals surface area contributed by atoms with Gasteiger partial charge in [0.25, 0.3) is 0 Å². The molecular weight excluding hydrogens is 256 g/mol. The molecule has 0 amide bonds. The minimum Gasteiger partial charge on any atom is -0.313 e. The molecule has 0 aromatic rings. The van der Waals surface area contributed by atoms with Gasteiger partial charge >= 0.3 is 0 Å². The zero-order valence-electron chi connectivity index (χ0n) is 14.8. The van der Waals surface area contributed by atoms with E-state index in [4.69, 9.17) is 0 Å². The highest BCUT2D eigenvalue weighted by Crippen LogP contribution is 2.37. The Morgan fingerprint density at radius 1 is 1.05 bits per heavy atom. The average Bonchev–Trinajstić information content (AvgIpc) is 3.35. The van der Waals surface area contributed by atoms with Crippen LogP contribution in [0.25, 0.3) is 0 Å². The molecule has 0 spiro atoms. The summed E-state index contributed by atoms with van der Waals surface area (Å²) >= 11 is 0. The highest BCUT2D eigenvalue weighted by molar-refractivity contribution is 4.91. The summed E-state index contributed by atoms with van der Waals surface area (Å²) in [6.07, 6.45) is 12.8. The number of nitrogens with zero attached hydrogens (tertiary/aromatic N) is 1. The maximum Gasteiger partial charge on any atom is 0.00684 e. The van der Waals surface area contributed by atoms with Crippen molar-refractivity contribution >= 4 is 0 Å². The van der Waals surface area contributed by atoms with Crippen molar-refractivity contribution in [2.75, 3.05) is 26.2 Å². The van der Waals surface area contributed by atoms with Crippen LogP contribution in [0.4, 0.5) is 0 Å². The fraction of sp³-hybridized carbons (Fsp3) is 1.00. The third-order valence-corrected chi connectivity index (χ3v) is 5.93. The van der Waals surface area contributed by atoms with Gasteiger partial charge in [0.2, 0.25) is 0 Å². The Morgan fingerprint density at radius 2 is 1.71 bits per heavy atom. The fourth-order valence-corrected chi connectivity index (χ4v) is 4.03. The Hall–Kier alpha value is -0.0800. The summed E-state index contributed by atoms with van der Waals surface area (Å²) in [5, 5.41) is 3.85. The number of nitrogens with one attached hydrogen (secondary N) is 1. The monoisotopic (exact) mass is 294 g/mol. The van der Waals surface area contributed by atoms with Gasteiger partial charge in [-0.05, 0) is 43.6 Å². The van der Waals surface area contributed by atoms with Crippen LogP contribution < -0.4 is 5.32 Å². The summed E-state index contributed by atoms with van der Waals surface area (Å²) in [4.78, 5) is 2.76. The molecule has 21 heavy (non-hydrogen) atoms. The molecule has 2 fully saturated rings. The Morgan fingerprint density at radius 3 is 2.24 bits per heavy atom. The second-order valence-electron chi connectivity index (χ2n) is 7.73. The van der Waals surface area contributed by atoms with E-state index in [2.05, 4.69) is 31.0 Å². The van der Waals surface area contributed by atoms with Gasteiger partial charge in [0.15, 0.2) is 0 Å². The van der Waals surface area contributed by atoms with Crippen molar-refractivity contribution in [3.05, 3.63) is 0 Å². The van der Waals surface area contributed by atoms with E-state index in [1.54, 1.807) is 0 Å². The van der Waals surface area contributed by atoms with E-state index in [-0.39, 0.29) is 0 Å². The average molecular weight is 295 g/mol. The molecule has 0 heterocycles. The first-order chi connectivity index (χ1) is 10.2. The van der Waals surface area contributed by atoms with Crippen LogP contribution in [-0.4, -0.2) is 37.1 Å². The van der Waals surface area contributed by atoms with E-state index in [0.29, 0.717) is 5.41 Å². The standard InChI is InChI=1S/C19H38N2/c1-4-17(5-2)14-21(6-3)16-19(12-8-7-9-13-19)15-20-18-10-11-18/h17-18,20H,4-16H2,1-3H3. The molecule has 0 aromatic heterocycles. The summed E-state index contributed by atoms with van der Waals surface area (Å²) in [7, 11) is 0. The van der Waals surface area contributed by atoms with E-state index >= 15 is 0 Å². The highest BCUT2D eigenvalue weighted by Gasteiger charge is 2.35. The second kappa shape index (κ2) is 8.53. The molecule has 0 aliphatic heterocycles. The van der Waals surface area contributed by atoms with Crippen LogP contribution in [0.1, 0.15) is 78.6 Å². The number of hydrogen-bond acceptors (Lipinski definition) is 2. The molecule has 0 saturated heterocycles. The van der Waals surface area contributed by atoms with E-state index in [0.717, 1.165) is 12.0 Å². The lowest BCUT2D eigenvalue weighted by Gasteiger charge is -2.42. The third-order valence-electron chi connectivity index (χ3n) is 5.93. The molecule has 1 N–H and O–H groups in total. The Bertz CT molecular complexity index is 275. The Kier molecular flexibility index (Phi) is 7.01. The van der Waals surface area contributed by atoms with Crippen LogP contribution in [0.15, 0.2) is 0 Å². The lowest BCUT2D eigenvalue weighted by Crippen LogP contribution is -2.47. The maximum absolute atomic E-state index is 3.85. The minimum absolute atomic E-state index is 0.572. The van der Waals surface area contributed by atoms with Crippen molar-refractivity contribution in [2.45, 2.75) is 84.6 Å². The van der Waals surface area contributed by atoms with Crippen LogP contribution in [0.3, 0.4) is 0 Å². The van der Waals surface area contributed by atoms with Gasteiger partial charge in [-0.25, -0.2) is 0 Å². The molecule has 0 radical (unpaired) electrons. The van der Waals surface area contributed by atoms with Gasteiger partial charge in [-0.3, -0.25) is 0 Å². The summed E-state index contributed by atoms with van der Waals surface area (Å²) in [6.45, 7) is 12.2. The SMILES string of the molecule is CCC(CC)CN(CC)CC1(CNC2CC2)CCCCC1.